The van der Waals surface area contributed by atoms with Crippen molar-refractivity contribution in [2.75, 3.05) is 41.3 Å². The van der Waals surface area contributed by atoms with E-state index in [-0.39, 0.29) is 5.56 Å². The summed E-state index contributed by atoms with van der Waals surface area (Å²) in [5, 5.41) is 3.45. The summed E-state index contributed by atoms with van der Waals surface area (Å²) in [6.07, 6.45) is 7.17. The average Bonchev–Trinajstić information content (AvgIpc) is 3.34. The van der Waals surface area contributed by atoms with Gasteiger partial charge in [-0.05, 0) is 69.7 Å². The van der Waals surface area contributed by atoms with Crippen molar-refractivity contribution in [2.24, 2.45) is 0 Å². The fraction of sp³-hybridized carbons (Fsp3) is 0.400. The highest BCUT2D eigenvalue weighted by atomic mass is 16.1. The fourth-order valence-corrected chi connectivity index (χ4v) is 5.63. The van der Waals surface area contributed by atoms with Crippen LogP contribution >= 0.6 is 0 Å². The number of anilines is 4. The van der Waals surface area contributed by atoms with E-state index in [2.05, 4.69) is 28.1 Å². The van der Waals surface area contributed by atoms with E-state index in [1.165, 1.54) is 12.8 Å². The summed E-state index contributed by atoms with van der Waals surface area (Å²) in [7, 11) is 0. The summed E-state index contributed by atoms with van der Waals surface area (Å²) >= 11 is 0. The van der Waals surface area contributed by atoms with Crippen LogP contribution in [0.1, 0.15) is 45.4 Å². The van der Waals surface area contributed by atoms with Crippen LogP contribution in [0, 0.1) is 0 Å². The van der Waals surface area contributed by atoms with Crippen LogP contribution in [0.2, 0.25) is 0 Å². The number of benzene rings is 2. The van der Waals surface area contributed by atoms with E-state index in [0.717, 1.165) is 86.4 Å². The first-order chi connectivity index (χ1) is 19.2. The summed E-state index contributed by atoms with van der Waals surface area (Å²) in [6.45, 7) is 6.63. The number of para-hydroxylation sites is 1. The van der Waals surface area contributed by atoms with E-state index in [1.807, 2.05) is 53.2 Å². The summed E-state index contributed by atoms with van der Waals surface area (Å²) < 4.78 is 3.75. The van der Waals surface area contributed by atoms with E-state index < -0.39 is 0 Å². The van der Waals surface area contributed by atoms with Crippen molar-refractivity contribution in [3.05, 3.63) is 71.0 Å². The Balaban J connectivity index is 1.33. The molecule has 0 spiro atoms. The minimum atomic E-state index is -0.0498. The van der Waals surface area contributed by atoms with Crippen molar-refractivity contribution in [1.29, 1.82) is 0 Å². The van der Waals surface area contributed by atoms with E-state index in [4.69, 9.17) is 15.0 Å². The maximum atomic E-state index is 13.0. The molecule has 39 heavy (non-hydrogen) atoms. The zero-order valence-electron chi connectivity index (χ0n) is 22.6. The molecule has 2 aromatic carbocycles. The normalized spacial score (nSPS) is 15.9. The molecule has 0 saturated carbocycles. The lowest BCUT2D eigenvalue weighted by Gasteiger charge is -2.30. The second kappa shape index (κ2) is 11.3. The largest absolute Gasteiger partial charge is 0.341 e. The highest BCUT2D eigenvalue weighted by Gasteiger charge is 2.21. The Kier molecular flexibility index (Phi) is 7.29. The standard InChI is InChI=1S/C30H36N8O/c1-2-37-26(22-27(39)38(37)25-15-6-3-7-16-25)23-13-12-14-24(21-23)31-28-32-29(35-17-8-4-9-18-35)34-30(33-28)36-19-10-5-11-20-36/h3,6-7,12-16,21-22H,2,4-5,8-11,17-20H2,1H3,(H,31,32,33,34). The monoisotopic (exact) mass is 524 g/mol. The smallest absolute Gasteiger partial charge is 0.272 e. The molecule has 0 bridgehead atoms. The van der Waals surface area contributed by atoms with Gasteiger partial charge in [0.1, 0.15) is 0 Å². The maximum absolute atomic E-state index is 13.0. The highest BCUT2D eigenvalue weighted by Crippen LogP contribution is 2.27. The predicted octanol–water partition coefficient (Wildman–Crippen LogP) is 5.24. The van der Waals surface area contributed by atoms with Gasteiger partial charge in [-0.25, -0.2) is 4.68 Å². The van der Waals surface area contributed by atoms with Crippen molar-refractivity contribution in [1.82, 2.24) is 24.3 Å². The third kappa shape index (κ3) is 5.39. The number of nitrogens with one attached hydrogen (secondary N) is 1. The minimum Gasteiger partial charge on any atom is -0.341 e. The molecule has 0 atom stereocenters. The number of hydrogen-bond donors (Lipinski definition) is 1. The van der Waals surface area contributed by atoms with Crippen LogP contribution in [0.5, 0.6) is 0 Å². The van der Waals surface area contributed by atoms with Gasteiger partial charge in [-0.3, -0.25) is 9.48 Å². The van der Waals surface area contributed by atoms with E-state index >= 15 is 0 Å². The molecule has 9 nitrogen and oxygen atoms in total. The first-order valence-corrected chi connectivity index (χ1v) is 14.2. The first kappa shape index (κ1) is 25.2. The van der Waals surface area contributed by atoms with Gasteiger partial charge in [-0.1, -0.05) is 30.3 Å². The summed E-state index contributed by atoms with van der Waals surface area (Å²) in [4.78, 5) is 32.2. The van der Waals surface area contributed by atoms with Gasteiger partial charge in [0.2, 0.25) is 17.8 Å². The van der Waals surface area contributed by atoms with Crippen LogP contribution < -0.4 is 20.7 Å². The van der Waals surface area contributed by atoms with Crippen LogP contribution in [0.4, 0.5) is 23.5 Å². The molecule has 2 saturated heterocycles. The summed E-state index contributed by atoms with van der Waals surface area (Å²) in [5.41, 5.74) is 3.50. The molecule has 6 rings (SSSR count). The van der Waals surface area contributed by atoms with Gasteiger partial charge in [0.15, 0.2) is 0 Å². The summed E-state index contributed by atoms with van der Waals surface area (Å²) in [5.74, 6) is 2.06. The Hall–Kier alpha value is -4.14. The number of aromatic nitrogens is 5. The van der Waals surface area contributed by atoms with Crippen LogP contribution in [0.15, 0.2) is 65.5 Å². The van der Waals surface area contributed by atoms with Crippen LogP contribution in [-0.4, -0.2) is 50.5 Å². The topological polar surface area (TPSA) is 84.1 Å². The zero-order valence-corrected chi connectivity index (χ0v) is 22.6. The first-order valence-electron chi connectivity index (χ1n) is 14.2. The molecule has 202 valence electrons. The number of rotatable bonds is 7. The van der Waals surface area contributed by atoms with Crippen LogP contribution in [-0.2, 0) is 6.54 Å². The van der Waals surface area contributed by atoms with E-state index in [1.54, 1.807) is 10.7 Å². The van der Waals surface area contributed by atoms with Gasteiger partial charge in [-0.15, -0.1) is 0 Å². The predicted molar refractivity (Wildman–Crippen MR) is 156 cm³/mol. The van der Waals surface area contributed by atoms with Crippen molar-refractivity contribution in [3.63, 3.8) is 0 Å². The lowest BCUT2D eigenvalue weighted by Crippen LogP contribution is -2.34. The molecule has 2 fully saturated rings. The van der Waals surface area contributed by atoms with Gasteiger partial charge >= 0.3 is 0 Å². The van der Waals surface area contributed by atoms with Crippen LogP contribution in [0.3, 0.4) is 0 Å². The Bertz CT molecular complexity index is 1430. The third-order valence-corrected chi connectivity index (χ3v) is 7.59. The molecule has 2 aromatic heterocycles. The molecule has 1 N–H and O–H groups in total. The molecular weight excluding hydrogens is 488 g/mol. The zero-order chi connectivity index (χ0) is 26.6. The molecule has 0 radical (unpaired) electrons. The molecule has 4 aromatic rings. The quantitative estimate of drug-likeness (QED) is 0.354. The minimum absolute atomic E-state index is 0.0498. The maximum Gasteiger partial charge on any atom is 0.272 e. The molecule has 2 aliphatic rings. The number of hydrogen-bond acceptors (Lipinski definition) is 7. The Morgan fingerprint density at radius 2 is 1.38 bits per heavy atom. The van der Waals surface area contributed by atoms with Crippen molar-refractivity contribution in [2.45, 2.75) is 52.0 Å². The fourth-order valence-electron chi connectivity index (χ4n) is 5.63. The van der Waals surface area contributed by atoms with Gasteiger partial charge in [-0.2, -0.15) is 15.0 Å². The molecular formula is C30H36N8O. The molecule has 9 heteroatoms. The van der Waals surface area contributed by atoms with Crippen molar-refractivity contribution >= 4 is 23.5 Å². The van der Waals surface area contributed by atoms with Crippen molar-refractivity contribution < 1.29 is 0 Å². The summed E-state index contributed by atoms with van der Waals surface area (Å²) in [6, 6.07) is 19.6. The van der Waals surface area contributed by atoms with E-state index in [0.29, 0.717) is 12.5 Å². The lowest BCUT2D eigenvalue weighted by atomic mass is 10.1. The molecule has 0 aliphatic carbocycles. The second-order valence-corrected chi connectivity index (χ2v) is 10.3. The third-order valence-electron chi connectivity index (χ3n) is 7.59. The second-order valence-electron chi connectivity index (χ2n) is 10.3. The van der Waals surface area contributed by atoms with Gasteiger partial charge in [0.05, 0.1) is 11.4 Å². The van der Waals surface area contributed by atoms with Crippen LogP contribution in [0.25, 0.3) is 16.9 Å². The lowest BCUT2D eigenvalue weighted by molar-refractivity contribution is 0.556. The number of piperidine rings is 2. The van der Waals surface area contributed by atoms with Gasteiger partial charge in [0.25, 0.3) is 5.56 Å². The van der Waals surface area contributed by atoms with E-state index in [9.17, 15) is 4.79 Å². The Morgan fingerprint density at radius 3 is 2.00 bits per heavy atom. The van der Waals surface area contributed by atoms with Gasteiger partial charge < -0.3 is 15.1 Å². The number of nitrogens with zero attached hydrogens (tertiary/aromatic N) is 7. The SMILES string of the molecule is CCn1c(-c2cccc(Nc3nc(N4CCCCC4)nc(N4CCCCC4)n3)c2)cc(=O)n1-c1ccccc1. The average molecular weight is 525 g/mol. The molecule has 4 heterocycles. The molecule has 0 amide bonds. The highest BCUT2D eigenvalue weighted by molar-refractivity contribution is 5.68. The van der Waals surface area contributed by atoms with Crippen molar-refractivity contribution in [3.8, 4) is 16.9 Å². The Labute approximate surface area is 229 Å². The molecule has 0 unspecified atom stereocenters. The Morgan fingerprint density at radius 1 is 0.744 bits per heavy atom. The molecule has 2 aliphatic heterocycles. The van der Waals surface area contributed by atoms with Gasteiger partial charge in [0, 0.05) is 50.0 Å².